The molecule has 2 aromatic carbocycles. The van der Waals surface area contributed by atoms with E-state index in [4.69, 9.17) is 17.3 Å². The van der Waals surface area contributed by atoms with Gasteiger partial charge in [0.2, 0.25) is 5.91 Å². The van der Waals surface area contributed by atoms with E-state index in [9.17, 15) is 4.79 Å². The van der Waals surface area contributed by atoms with Gasteiger partial charge >= 0.3 is 0 Å². The smallest absolute Gasteiger partial charge is 0.248 e. The Hall–Kier alpha value is -2.66. The van der Waals surface area contributed by atoms with Crippen molar-refractivity contribution in [3.05, 3.63) is 70.5 Å². The zero-order valence-corrected chi connectivity index (χ0v) is 13.8. The quantitative estimate of drug-likeness (QED) is 0.721. The van der Waals surface area contributed by atoms with E-state index in [0.717, 1.165) is 36.2 Å². The molecule has 0 spiro atoms. The zero-order chi connectivity index (χ0) is 16.9. The second-order valence-electron chi connectivity index (χ2n) is 5.49. The van der Waals surface area contributed by atoms with E-state index >= 15 is 0 Å². The summed E-state index contributed by atoms with van der Waals surface area (Å²) < 4.78 is 0. The largest absolute Gasteiger partial charge is 0.366 e. The first-order valence-corrected chi connectivity index (χ1v) is 8.06. The molecule has 0 saturated carbocycles. The number of nitrogens with two attached hydrogens (primary N) is 1. The maximum absolute atomic E-state index is 11.4. The lowest BCUT2D eigenvalue weighted by Crippen LogP contribution is -2.13. The highest BCUT2D eigenvalue weighted by molar-refractivity contribution is 6.30. The molecule has 122 valence electrons. The normalized spacial score (nSPS) is 10.7. The highest BCUT2D eigenvalue weighted by Crippen LogP contribution is 2.19. The Morgan fingerprint density at radius 3 is 2.75 bits per heavy atom. The molecule has 0 aliphatic rings. The first-order chi connectivity index (χ1) is 11.6. The molecule has 1 aromatic heterocycles. The van der Waals surface area contributed by atoms with Crippen LogP contribution in [0, 0.1) is 0 Å². The van der Waals surface area contributed by atoms with Crippen LogP contribution in [0.3, 0.4) is 0 Å². The number of aryl methyl sites for hydroxylation is 2. The van der Waals surface area contributed by atoms with E-state index in [-0.39, 0.29) is 0 Å². The van der Waals surface area contributed by atoms with Crippen LogP contribution in [0.5, 0.6) is 0 Å². The van der Waals surface area contributed by atoms with Crippen molar-refractivity contribution in [2.45, 2.75) is 19.3 Å². The number of primary amides is 1. The molecule has 0 unspecified atom stereocenters. The number of H-pyrrole nitrogens is 1. The topological polar surface area (TPSA) is 84.7 Å². The third-order valence-corrected chi connectivity index (χ3v) is 3.99. The fraction of sp³-hybridized carbons (Fsp3) is 0.167. The molecule has 1 amide bonds. The van der Waals surface area contributed by atoms with Crippen LogP contribution < -0.4 is 5.73 Å². The molecule has 5 nitrogen and oxygen atoms in total. The maximum Gasteiger partial charge on any atom is 0.248 e. The minimum atomic E-state index is -0.395. The predicted octanol–water partition coefficient (Wildman–Crippen LogP) is 3.40. The second kappa shape index (κ2) is 7.27. The lowest BCUT2D eigenvalue weighted by atomic mass is 10.0. The van der Waals surface area contributed by atoms with E-state index in [2.05, 4.69) is 15.2 Å². The maximum atomic E-state index is 11.4. The number of halogens is 1. The van der Waals surface area contributed by atoms with Gasteiger partial charge < -0.3 is 5.73 Å². The number of carbonyl (C=O) groups is 1. The van der Waals surface area contributed by atoms with Crippen LogP contribution in [-0.4, -0.2) is 21.1 Å². The van der Waals surface area contributed by atoms with Crippen molar-refractivity contribution in [1.82, 2.24) is 15.2 Å². The summed E-state index contributed by atoms with van der Waals surface area (Å²) in [6.45, 7) is 0. The van der Waals surface area contributed by atoms with E-state index in [1.54, 1.807) is 6.07 Å². The number of rotatable bonds is 6. The number of aromatic amines is 1. The molecule has 0 atom stereocenters. The summed E-state index contributed by atoms with van der Waals surface area (Å²) in [6, 6.07) is 14.8. The van der Waals surface area contributed by atoms with Gasteiger partial charge in [0.05, 0.1) is 0 Å². The highest BCUT2D eigenvalue weighted by Gasteiger charge is 2.09. The molecule has 3 aromatic rings. The van der Waals surface area contributed by atoms with Crippen LogP contribution in [-0.2, 0) is 12.8 Å². The van der Waals surface area contributed by atoms with Gasteiger partial charge in [-0.25, -0.2) is 4.98 Å². The molecule has 0 radical (unpaired) electrons. The Morgan fingerprint density at radius 2 is 1.96 bits per heavy atom. The number of benzene rings is 2. The molecule has 6 heteroatoms. The fourth-order valence-electron chi connectivity index (χ4n) is 2.59. The molecule has 3 rings (SSSR count). The van der Waals surface area contributed by atoms with Gasteiger partial charge in [0.1, 0.15) is 5.82 Å². The molecule has 0 aliphatic heterocycles. The predicted molar refractivity (Wildman–Crippen MR) is 93.8 cm³/mol. The Kier molecular flexibility index (Phi) is 4.91. The van der Waals surface area contributed by atoms with Crippen molar-refractivity contribution < 1.29 is 4.79 Å². The van der Waals surface area contributed by atoms with Crippen molar-refractivity contribution >= 4 is 17.5 Å². The van der Waals surface area contributed by atoms with Gasteiger partial charge in [0.25, 0.3) is 0 Å². The average molecular weight is 341 g/mol. The van der Waals surface area contributed by atoms with Crippen LogP contribution >= 0.6 is 11.6 Å². The Morgan fingerprint density at radius 1 is 1.12 bits per heavy atom. The summed E-state index contributed by atoms with van der Waals surface area (Å²) in [5.74, 6) is 1.04. The summed E-state index contributed by atoms with van der Waals surface area (Å²) >= 11 is 5.99. The number of aromatic nitrogens is 3. The minimum absolute atomic E-state index is 0.395. The van der Waals surface area contributed by atoms with Gasteiger partial charge in [0.15, 0.2) is 5.82 Å². The molecular weight excluding hydrogens is 324 g/mol. The summed E-state index contributed by atoms with van der Waals surface area (Å²) in [7, 11) is 0. The summed E-state index contributed by atoms with van der Waals surface area (Å²) in [5.41, 5.74) is 7.81. The lowest BCUT2D eigenvalue weighted by molar-refractivity contribution is 0.0999. The molecule has 0 aliphatic carbocycles. The molecular formula is C18H17ClN4O. The van der Waals surface area contributed by atoms with Crippen LogP contribution in [0.1, 0.15) is 28.2 Å². The summed E-state index contributed by atoms with van der Waals surface area (Å²) in [6.07, 6.45) is 2.33. The van der Waals surface area contributed by atoms with Crippen LogP contribution in [0.15, 0.2) is 48.5 Å². The number of amides is 1. The molecule has 3 N–H and O–H groups in total. The van der Waals surface area contributed by atoms with Gasteiger partial charge in [-0.1, -0.05) is 41.9 Å². The molecule has 24 heavy (non-hydrogen) atoms. The summed E-state index contributed by atoms with van der Waals surface area (Å²) in [4.78, 5) is 15.9. The van der Waals surface area contributed by atoms with Crippen molar-refractivity contribution in [3.8, 4) is 11.4 Å². The molecule has 0 bridgehead atoms. The second-order valence-corrected chi connectivity index (χ2v) is 5.93. The van der Waals surface area contributed by atoms with Gasteiger partial charge in [-0.2, -0.15) is 5.10 Å². The fourth-order valence-corrected chi connectivity index (χ4v) is 2.78. The van der Waals surface area contributed by atoms with Gasteiger partial charge in [-0.05, 0) is 36.6 Å². The van der Waals surface area contributed by atoms with Gasteiger partial charge in [-0.3, -0.25) is 9.89 Å². The van der Waals surface area contributed by atoms with E-state index in [1.165, 1.54) is 0 Å². The third-order valence-electron chi connectivity index (χ3n) is 3.76. The van der Waals surface area contributed by atoms with Crippen molar-refractivity contribution in [2.24, 2.45) is 5.73 Å². The number of nitrogens with one attached hydrogen (secondary N) is 1. The first-order valence-electron chi connectivity index (χ1n) is 7.68. The first kappa shape index (κ1) is 16.2. The van der Waals surface area contributed by atoms with E-state index in [1.807, 2.05) is 42.5 Å². The third kappa shape index (κ3) is 3.81. The van der Waals surface area contributed by atoms with Crippen LogP contribution in [0.25, 0.3) is 11.4 Å². The van der Waals surface area contributed by atoms with Crippen molar-refractivity contribution in [1.29, 1.82) is 0 Å². The Bertz CT molecular complexity index is 859. The number of hydrogen-bond donors (Lipinski definition) is 2. The van der Waals surface area contributed by atoms with Crippen LogP contribution in [0.2, 0.25) is 5.02 Å². The van der Waals surface area contributed by atoms with E-state index in [0.29, 0.717) is 16.4 Å². The minimum Gasteiger partial charge on any atom is -0.366 e. The Labute approximate surface area is 144 Å². The zero-order valence-electron chi connectivity index (χ0n) is 13.0. The number of carbonyl (C=O) groups excluding carboxylic acids is 1. The monoisotopic (exact) mass is 340 g/mol. The Balaban J connectivity index is 1.63. The number of nitrogens with zero attached hydrogens (tertiary/aromatic N) is 2. The lowest BCUT2D eigenvalue weighted by Gasteiger charge is -2.05. The van der Waals surface area contributed by atoms with E-state index < -0.39 is 5.91 Å². The molecule has 0 fully saturated rings. The summed E-state index contributed by atoms with van der Waals surface area (Å²) in [5, 5.41) is 7.84. The van der Waals surface area contributed by atoms with Crippen molar-refractivity contribution in [3.63, 3.8) is 0 Å². The van der Waals surface area contributed by atoms with Crippen molar-refractivity contribution in [2.75, 3.05) is 0 Å². The van der Waals surface area contributed by atoms with Crippen LogP contribution in [0.4, 0.5) is 0 Å². The van der Waals surface area contributed by atoms with Gasteiger partial charge in [-0.15, -0.1) is 0 Å². The highest BCUT2D eigenvalue weighted by atomic mass is 35.5. The average Bonchev–Trinajstić information content (AvgIpc) is 3.04. The van der Waals surface area contributed by atoms with Gasteiger partial charge in [0, 0.05) is 22.6 Å². The molecule has 0 saturated heterocycles. The SMILES string of the molecule is NC(=O)c1ccccc1CCCc1nc(-c2cccc(Cl)c2)n[nH]1. The number of hydrogen-bond acceptors (Lipinski definition) is 3. The standard InChI is InChI=1S/C18H17ClN4O/c19-14-8-3-7-13(11-14)18-21-16(22-23-18)10-4-6-12-5-1-2-9-15(12)17(20)24/h1-3,5,7-9,11H,4,6,10H2,(H2,20,24)(H,21,22,23). The molecule has 1 heterocycles.